The van der Waals surface area contributed by atoms with Crippen molar-refractivity contribution in [2.75, 3.05) is 0 Å². The van der Waals surface area contributed by atoms with Crippen LogP contribution >= 0.6 is 0 Å². The first-order valence-corrected chi connectivity index (χ1v) is 2.29. The summed E-state index contributed by atoms with van der Waals surface area (Å²) in [6.45, 7) is 1.72. The number of carbonyl (C=O) groups is 1. The molecule has 0 aromatic heterocycles. The molecule has 0 fully saturated rings. The number of carboxylic acid groups (broad SMARTS) is 1. The molecule has 0 rings (SSSR count). The van der Waals surface area contributed by atoms with Gasteiger partial charge in [0, 0.05) is 0 Å². The van der Waals surface area contributed by atoms with Crippen molar-refractivity contribution >= 4 is 5.97 Å². The van der Waals surface area contributed by atoms with E-state index >= 15 is 0 Å². The van der Waals surface area contributed by atoms with Crippen LogP contribution < -0.4 is 5.73 Å². The minimum absolute atomic E-state index is 0.847. The van der Waals surface area contributed by atoms with E-state index in [2.05, 4.69) is 0 Å². The molecule has 0 radical (unpaired) electrons. The Kier molecular flexibility index (Phi) is 2.88. The van der Waals surface area contributed by atoms with Crippen LogP contribution in [0.3, 0.4) is 0 Å². The smallest absolute Gasteiger partial charge is 0.324 e. The Morgan fingerprint density at radius 2 is 2.38 bits per heavy atom. The Morgan fingerprint density at radius 1 is 1.88 bits per heavy atom. The van der Waals surface area contributed by atoms with E-state index < -0.39 is 12.0 Å². The van der Waals surface area contributed by atoms with Crippen molar-refractivity contribution in [3.63, 3.8) is 0 Å². The predicted molar refractivity (Wildman–Crippen MR) is 30.4 cm³/mol. The van der Waals surface area contributed by atoms with Crippen LogP contribution in [0.25, 0.3) is 0 Å². The molecule has 1 unspecified atom stereocenters. The van der Waals surface area contributed by atoms with E-state index in [1.807, 2.05) is 0 Å². The lowest BCUT2D eigenvalue weighted by Gasteiger charge is -1.94. The van der Waals surface area contributed by atoms with Crippen molar-refractivity contribution < 1.29 is 9.90 Å². The number of carboxylic acids is 1. The molecule has 0 aliphatic heterocycles. The Balaban J connectivity index is 3.64. The Bertz CT molecular complexity index is 109. The fraction of sp³-hybridized carbons (Fsp3) is 0.400. The number of aliphatic carboxylic acids is 1. The molecule has 1 atom stereocenters. The lowest BCUT2D eigenvalue weighted by Crippen LogP contribution is -2.27. The lowest BCUT2D eigenvalue weighted by atomic mass is 10.3. The fourth-order valence-electron chi connectivity index (χ4n) is 0.290. The molecule has 46 valence electrons. The molecule has 0 heterocycles. The minimum Gasteiger partial charge on any atom is -0.480 e. The van der Waals surface area contributed by atoms with Gasteiger partial charge in [0.1, 0.15) is 6.04 Å². The van der Waals surface area contributed by atoms with E-state index in [1.165, 1.54) is 6.08 Å². The van der Waals surface area contributed by atoms with Gasteiger partial charge in [-0.3, -0.25) is 4.79 Å². The molecular weight excluding hydrogens is 106 g/mol. The molecule has 3 nitrogen and oxygen atoms in total. The topological polar surface area (TPSA) is 63.3 Å². The molecular formula is C5H9NO2. The van der Waals surface area contributed by atoms with Crippen LogP contribution in [0.5, 0.6) is 0 Å². The van der Waals surface area contributed by atoms with Crippen molar-refractivity contribution in [2.45, 2.75) is 13.0 Å². The number of allylic oxidation sites excluding steroid dienone is 1. The van der Waals surface area contributed by atoms with E-state index in [1.54, 1.807) is 13.0 Å². The summed E-state index contributed by atoms with van der Waals surface area (Å²) in [4.78, 5) is 9.91. The summed E-state index contributed by atoms with van der Waals surface area (Å²) in [5, 5.41) is 8.14. The zero-order valence-corrected chi connectivity index (χ0v) is 4.66. The monoisotopic (exact) mass is 115 g/mol. The highest BCUT2D eigenvalue weighted by atomic mass is 16.4. The first-order valence-electron chi connectivity index (χ1n) is 2.29. The van der Waals surface area contributed by atoms with Gasteiger partial charge in [-0.15, -0.1) is 0 Å². The summed E-state index contributed by atoms with van der Waals surface area (Å²) in [7, 11) is 0. The van der Waals surface area contributed by atoms with Gasteiger partial charge in [-0.1, -0.05) is 12.2 Å². The number of hydrogen-bond acceptors (Lipinski definition) is 2. The fourth-order valence-corrected chi connectivity index (χ4v) is 0.290. The largest absolute Gasteiger partial charge is 0.480 e. The van der Waals surface area contributed by atoms with Gasteiger partial charge in [0.15, 0.2) is 0 Å². The SMILES string of the molecule is C/C=C/C(N)C(=O)O. The second kappa shape index (κ2) is 3.21. The van der Waals surface area contributed by atoms with E-state index in [4.69, 9.17) is 10.8 Å². The second-order valence-corrected chi connectivity index (χ2v) is 1.39. The molecule has 0 saturated carbocycles. The van der Waals surface area contributed by atoms with Crippen molar-refractivity contribution in [2.24, 2.45) is 5.73 Å². The van der Waals surface area contributed by atoms with E-state index in [9.17, 15) is 4.79 Å². The highest BCUT2D eigenvalue weighted by Gasteiger charge is 2.03. The van der Waals surface area contributed by atoms with Gasteiger partial charge in [-0.2, -0.15) is 0 Å². The van der Waals surface area contributed by atoms with Crippen molar-refractivity contribution in [1.29, 1.82) is 0 Å². The summed E-state index contributed by atoms with van der Waals surface area (Å²) in [5.74, 6) is -0.997. The highest BCUT2D eigenvalue weighted by Crippen LogP contribution is 1.79. The summed E-state index contributed by atoms with van der Waals surface area (Å²) in [6.07, 6.45) is 3.03. The maximum Gasteiger partial charge on any atom is 0.324 e. The Labute approximate surface area is 47.8 Å². The minimum atomic E-state index is -0.997. The molecule has 0 amide bonds. The molecule has 0 spiro atoms. The average molecular weight is 115 g/mol. The first kappa shape index (κ1) is 7.17. The Hall–Kier alpha value is -0.830. The second-order valence-electron chi connectivity index (χ2n) is 1.39. The molecule has 0 aliphatic rings. The van der Waals surface area contributed by atoms with E-state index in [0.717, 1.165) is 0 Å². The van der Waals surface area contributed by atoms with Gasteiger partial charge >= 0.3 is 5.97 Å². The number of hydrogen-bond donors (Lipinski definition) is 2. The summed E-state index contributed by atoms with van der Waals surface area (Å²) < 4.78 is 0. The highest BCUT2D eigenvalue weighted by molar-refractivity contribution is 5.75. The normalized spacial score (nSPS) is 14.2. The molecule has 0 aromatic carbocycles. The molecule has 0 aliphatic carbocycles. The number of nitrogens with two attached hydrogens (primary N) is 1. The zero-order valence-electron chi connectivity index (χ0n) is 4.66. The van der Waals surface area contributed by atoms with Gasteiger partial charge in [-0.05, 0) is 6.92 Å². The average Bonchev–Trinajstić information content (AvgIpc) is 1.67. The molecule has 3 heteroatoms. The van der Waals surface area contributed by atoms with Crippen LogP contribution in [0.4, 0.5) is 0 Å². The van der Waals surface area contributed by atoms with Crippen LogP contribution in [0, 0.1) is 0 Å². The third-order valence-corrected chi connectivity index (χ3v) is 0.685. The van der Waals surface area contributed by atoms with Crippen LogP contribution in [-0.2, 0) is 4.79 Å². The van der Waals surface area contributed by atoms with Gasteiger partial charge < -0.3 is 10.8 Å². The first-order chi connectivity index (χ1) is 3.68. The number of rotatable bonds is 2. The molecule has 8 heavy (non-hydrogen) atoms. The maximum atomic E-state index is 9.91. The predicted octanol–water partition coefficient (Wildman–Crippen LogP) is -0.0256. The van der Waals surface area contributed by atoms with Gasteiger partial charge in [0.2, 0.25) is 0 Å². The van der Waals surface area contributed by atoms with Crippen LogP contribution in [0.15, 0.2) is 12.2 Å². The van der Waals surface area contributed by atoms with Crippen molar-refractivity contribution in [3.05, 3.63) is 12.2 Å². The summed E-state index contributed by atoms with van der Waals surface area (Å²) in [6, 6.07) is -0.847. The van der Waals surface area contributed by atoms with Crippen molar-refractivity contribution in [3.8, 4) is 0 Å². The van der Waals surface area contributed by atoms with E-state index in [0.29, 0.717) is 0 Å². The standard InChI is InChI=1S/C5H9NO2/c1-2-3-4(6)5(7)8/h2-4H,6H2,1H3,(H,7,8)/b3-2+. The van der Waals surface area contributed by atoms with E-state index in [-0.39, 0.29) is 0 Å². The molecule has 3 N–H and O–H groups in total. The summed E-state index contributed by atoms with van der Waals surface area (Å²) in [5.41, 5.74) is 5.04. The third-order valence-electron chi connectivity index (χ3n) is 0.685. The Morgan fingerprint density at radius 3 is 2.50 bits per heavy atom. The van der Waals surface area contributed by atoms with Crippen LogP contribution in [-0.4, -0.2) is 17.1 Å². The quantitative estimate of drug-likeness (QED) is 0.497. The van der Waals surface area contributed by atoms with Gasteiger partial charge in [0.05, 0.1) is 0 Å². The zero-order chi connectivity index (χ0) is 6.57. The van der Waals surface area contributed by atoms with Crippen LogP contribution in [0.1, 0.15) is 6.92 Å². The molecule has 0 saturated heterocycles. The lowest BCUT2D eigenvalue weighted by molar-refractivity contribution is -0.137. The van der Waals surface area contributed by atoms with Crippen LogP contribution in [0.2, 0.25) is 0 Å². The van der Waals surface area contributed by atoms with Gasteiger partial charge in [-0.25, -0.2) is 0 Å². The maximum absolute atomic E-state index is 9.91. The van der Waals surface area contributed by atoms with Gasteiger partial charge in [0.25, 0.3) is 0 Å². The third kappa shape index (κ3) is 2.36. The molecule has 0 aromatic rings. The summed E-state index contributed by atoms with van der Waals surface area (Å²) >= 11 is 0. The molecule has 0 bridgehead atoms. The van der Waals surface area contributed by atoms with Crippen molar-refractivity contribution in [1.82, 2.24) is 0 Å².